The summed E-state index contributed by atoms with van der Waals surface area (Å²) in [5.74, 6) is 0.964. The van der Waals surface area contributed by atoms with Crippen LogP contribution in [0.3, 0.4) is 0 Å². The highest BCUT2D eigenvalue weighted by Gasteiger charge is 2.25. The summed E-state index contributed by atoms with van der Waals surface area (Å²) < 4.78 is 26.3. The predicted molar refractivity (Wildman–Crippen MR) is 89.0 cm³/mol. The summed E-state index contributed by atoms with van der Waals surface area (Å²) >= 11 is 0. The van der Waals surface area contributed by atoms with E-state index in [0.29, 0.717) is 5.70 Å². The zero-order valence-corrected chi connectivity index (χ0v) is 13.8. The van der Waals surface area contributed by atoms with E-state index in [-0.39, 0.29) is 0 Å². The SMILES string of the molecule is C#CC1C=C(C)N=CN1NC(=O)NS(=O)(=O)c1ccccc1C(=O)O. The molecule has 10 heteroatoms. The standard InChI is InChI=1S/C15H14N4O5S/c1-3-11-8-10(2)16-9-19(11)17-15(22)18-25(23,24)13-7-5-4-6-12(13)14(20)21/h1,4-9,11H,2H3,(H,20,21)(H2,17,18,22). The first-order valence-corrected chi connectivity index (χ1v) is 8.36. The fourth-order valence-corrected chi connectivity index (χ4v) is 3.10. The quantitative estimate of drug-likeness (QED) is 0.671. The number of benzene rings is 1. The normalized spacial score (nSPS) is 16.6. The number of hydrogen-bond donors (Lipinski definition) is 3. The maximum absolute atomic E-state index is 12.3. The van der Waals surface area contributed by atoms with Crippen LogP contribution in [0.25, 0.3) is 0 Å². The average Bonchev–Trinajstić information content (AvgIpc) is 2.55. The zero-order chi connectivity index (χ0) is 18.6. The van der Waals surface area contributed by atoms with Crippen LogP contribution in [0, 0.1) is 12.3 Å². The number of carboxylic acids is 1. The number of terminal acetylenes is 1. The minimum Gasteiger partial charge on any atom is -0.478 e. The Labute approximate surface area is 144 Å². The first-order valence-electron chi connectivity index (χ1n) is 6.87. The van der Waals surface area contributed by atoms with Crippen LogP contribution >= 0.6 is 0 Å². The number of rotatable bonds is 4. The van der Waals surface area contributed by atoms with Crippen molar-refractivity contribution >= 4 is 28.4 Å². The minimum atomic E-state index is -4.40. The second kappa shape index (κ2) is 7.06. The van der Waals surface area contributed by atoms with Crippen molar-refractivity contribution < 1.29 is 23.1 Å². The van der Waals surface area contributed by atoms with Crippen molar-refractivity contribution in [1.82, 2.24) is 15.2 Å². The Balaban J connectivity index is 2.17. The Morgan fingerprint density at radius 1 is 1.36 bits per heavy atom. The molecule has 1 aromatic carbocycles. The number of carbonyl (C=O) groups excluding carboxylic acids is 1. The summed E-state index contributed by atoms with van der Waals surface area (Å²) in [6.07, 6.45) is 8.19. The monoisotopic (exact) mass is 362 g/mol. The number of aromatic carboxylic acids is 1. The van der Waals surface area contributed by atoms with Crippen LogP contribution < -0.4 is 10.1 Å². The molecule has 25 heavy (non-hydrogen) atoms. The van der Waals surface area contributed by atoms with Gasteiger partial charge in [0.25, 0.3) is 10.0 Å². The maximum Gasteiger partial charge on any atom is 0.347 e. The van der Waals surface area contributed by atoms with Gasteiger partial charge in [-0.05, 0) is 25.1 Å². The van der Waals surface area contributed by atoms with Crippen molar-refractivity contribution in [3.05, 3.63) is 41.6 Å². The fourth-order valence-electron chi connectivity index (χ4n) is 2.00. The van der Waals surface area contributed by atoms with E-state index in [1.165, 1.54) is 18.5 Å². The highest BCUT2D eigenvalue weighted by atomic mass is 32.2. The third-order valence-electron chi connectivity index (χ3n) is 3.12. The molecule has 3 N–H and O–H groups in total. The third-order valence-corrected chi connectivity index (χ3v) is 4.51. The van der Waals surface area contributed by atoms with Gasteiger partial charge in [-0.15, -0.1) is 6.42 Å². The van der Waals surface area contributed by atoms with Gasteiger partial charge in [0.15, 0.2) is 0 Å². The molecule has 0 saturated heterocycles. The van der Waals surface area contributed by atoms with E-state index >= 15 is 0 Å². The highest BCUT2D eigenvalue weighted by molar-refractivity contribution is 7.90. The summed E-state index contributed by atoms with van der Waals surface area (Å²) in [6, 6.07) is 3.17. The number of hydrogen-bond acceptors (Lipinski definition) is 6. The van der Waals surface area contributed by atoms with Crippen LogP contribution in [0.4, 0.5) is 4.79 Å². The lowest BCUT2D eigenvalue weighted by molar-refractivity contribution is 0.0692. The first-order chi connectivity index (χ1) is 11.7. The molecule has 9 nitrogen and oxygen atoms in total. The van der Waals surface area contributed by atoms with E-state index in [0.717, 1.165) is 17.1 Å². The molecule has 0 bridgehead atoms. The van der Waals surface area contributed by atoms with Crippen LogP contribution in [-0.2, 0) is 10.0 Å². The summed E-state index contributed by atoms with van der Waals surface area (Å²) in [5, 5.41) is 10.2. The Morgan fingerprint density at radius 2 is 2.04 bits per heavy atom. The largest absolute Gasteiger partial charge is 0.478 e. The number of allylic oxidation sites excluding steroid dienone is 1. The van der Waals surface area contributed by atoms with Gasteiger partial charge < -0.3 is 5.11 Å². The fraction of sp³-hybridized carbons (Fsp3) is 0.133. The molecular weight excluding hydrogens is 348 g/mol. The molecule has 130 valence electrons. The molecule has 1 heterocycles. The number of amides is 2. The van der Waals surface area contributed by atoms with Gasteiger partial charge in [0.2, 0.25) is 0 Å². The molecule has 1 aromatic rings. The molecule has 2 amide bonds. The van der Waals surface area contributed by atoms with E-state index in [2.05, 4.69) is 16.3 Å². The van der Waals surface area contributed by atoms with Crippen LogP contribution in [0.5, 0.6) is 0 Å². The smallest absolute Gasteiger partial charge is 0.347 e. The Kier molecular flexibility index (Phi) is 5.09. The van der Waals surface area contributed by atoms with E-state index in [9.17, 15) is 18.0 Å². The van der Waals surface area contributed by atoms with Crippen LogP contribution in [-0.4, -0.2) is 42.9 Å². The summed E-state index contributed by atoms with van der Waals surface area (Å²) in [5.41, 5.74) is 2.42. The van der Waals surface area contributed by atoms with Crippen LogP contribution in [0.1, 0.15) is 17.3 Å². The molecule has 0 fully saturated rings. The summed E-state index contributed by atoms with van der Waals surface area (Å²) in [6.45, 7) is 1.71. The zero-order valence-electron chi connectivity index (χ0n) is 13.0. The van der Waals surface area contributed by atoms with Gasteiger partial charge in [0, 0.05) is 5.70 Å². The second-order valence-corrected chi connectivity index (χ2v) is 6.57. The van der Waals surface area contributed by atoms with E-state index in [4.69, 9.17) is 11.5 Å². The number of hydrazine groups is 1. The predicted octanol–water partition coefficient (Wildman–Crippen LogP) is 0.537. The van der Waals surface area contributed by atoms with Crippen molar-refractivity contribution in [2.24, 2.45) is 4.99 Å². The topological polar surface area (TPSA) is 128 Å². The number of carbonyl (C=O) groups is 2. The lowest BCUT2D eigenvalue weighted by atomic mass is 10.2. The van der Waals surface area contributed by atoms with Gasteiger partial charge in [-0.3, -0.25) is 5.01 Å². The molecule has 0 spiro atoms. The molecule has 0 radical (unpaired) electrons. The summed E-state index contributed by atoms with van der Waals surface area (Å²) in [7, 11) is -4.40. The molecule has 1 unspecified atom stereocenters. The third kappa shape index (κ3) is 4.15. The molecule has 1 aliphatic heterocycles. The van der Waals surface area contributed by atoms with Gasteiger partial charge in [-0.1, -0.05) is 18.1 Å². The highest BCUT2D eigenvalue weighted by Crippen LogP contribution is 2.15. The number of nitrogens with zero attached hydrogens (tertiary/aromatic N) is 2. The lowest BCUT2D eigenvalue weighted by Crippen LogP contribution is -2.52. The van der Waals surface area contributed by atoms with Crippen LogP contribution in [0.15, 0.2) is 45.9 Å². The molecule has 2 rings (SSSR count). The molecule has 0 saturated carbocycles. The van der Waals surface area contributed by atoms with E-state index in [1.807, 2.05) is 0 Å². The van der Waals surface area contributed by atoms with Crippen molar-refractivity contribution in [2.75, 3.05) is 0 Å². The molecular formula is C15H14N4O5S. The number of aliphatic imine (C=N–C) groups is 1. The van der Waals surface area contributed by atoms with Gasteiger partial charge in [-0.25, -0.2) is 33.1 Å². The first kappa shape index (κ1) is 18.0. The van der Waals surface area contributed by atoms with Crippen molar-refractivity contribution in [3.8, 4) is 12.3 Å². The lowest BCUT2D eigenvalue weighted by Gasteiger charge is -2.26. The molecule has 1 atom stereocenters. The van der Waals surface area contributed by atoms with E-state index < -0.39 is 38.5 Å². The maximum atomic E-state index is 12.3. The summed E-state index contributed by atoms with van der Waals surface area (Å²) in [4.78, 5) is 26.5. The average molecular weight is 362 g/mol. The van der Waals surface area contributed by atoms with Crippen LogP contribution in [0.2, 0.25) is 0 Å². The van der Waals surface area contributed by atoms with Crippen molar-refractivity contribution in [3.63, 3.8) is 0 Å². The number of nitrogens with one attached hydrogen (secondary N) is 2. The van der Waals surface area contributed by atoms with Gasteiger partial charge in [0.1, 0.15) is 17.3 Å². The second-order valence-electron chi connectivity index (χ2n) is 4.92. The van der Waals surface area contributed by atoms with Crippen molar-refractivity contribution in [1.29, 1.82) is 0 Å². The number of sulfonamides is 1. The number of carboxylic acid groups (broad SMARTS) is 1. The molecule has 1 aliphatic rings. The van der Waals surface area contributed by atoms with Gasteiger partial charge in [-0.2, -0.15) is 0 Å². The molecule has 0 aliphatic carbocycles. The Bertz CT molecular complexity index is 914. The van der Waals surface area contributed by atoms with Gasteiger partial charge >= 0.3 is 12.0 Å². The van der Waals surface area contributed by atoms with Crippen molar-refractivity contribution in [2.45, 2.75) is 17.9 Å². The van der Waals surface area contributed by atoms with E-state index in [1.54, 1.807) is 17.7 Å². The van der Waals surface area contributed by atoms with Gasteiger partial charge in [0.05, 0.1) is 5.56 Å². The Hall–Kier alpha value is -3.32. The minimum absolute atomic E-state index is 0.456. The Morgan fingerprint density at radius 3 is 2.68 bits per heavy atom. The molecule has 0 aromatic heterocycles. The number of urea groups is 1.